The molecule has 1 N–H and O–H groups in total. The Balaban J connectivity index is 1.96. The molecule has 1 atom stereocenters. The standard InChI is InChI=1S/C26H26F7NO2/c1-4-16-12-19(24(27,25(28,29)30)26(31,32)33)10-14(2)21(16)13-23(36)18-8-9-20-17(11-18)6-5-7-22(20)34-15(3)35/h8-12,22H,4-7,13H2,1-3H3,(H,34,35). The van der Waals surface area contributed by atoms with Crippen molar-refractivity contribution < 1.29 is 40.3 Å². The van der Waals surface area contributed by atoms with E-state index in [-0.39, 0.29) is 47.3 Å². The third kappa shape index (κ3) is 5.13. The molecule has 0 heterocycles. The number of alkyl halides is 7. The van der Waals surface area contributed by atoms with E-state index in [0.29, 0.717) is 24.1 Å². The van der Waals surface area contributed by atoms with E-state index < -0.39 is 23.6 Å². The summed E-state index contributed by atoms with van der Waals surface area (Å²) < 4.78 is 94.1. The van der Waals surface area contributed by atoms with Crippen molar-refractivity contribution in [2.75, 3.05) is 0 Å². The van der Waals surface area contributed by atoms with Crippen LogP contribution in [0.15, 0.2) is 30.3 Å². The van der Waals surface area contributed by atoms with Gasteiger partial charge < -0.3 is 5.32 Å². The quantitative estimate of drug-likeness (QED) is 0.339. The van der Waals surface area contributed by atoms with Gasteiger partial charge >= 0.3 is 18.0 Å². The van der Waals surface area contributed by atoms with Gasteiger partial charge in [-0.15, -0.1) is 0 Å². The first-order valence-electron chi connectivity index (χ1n) is 11.5. The first-order valence-corrected chi connectivity index (χ1v) is 11.5. The van der Waals surface area contributed by atoms with Crippen LogP contribution in [0.2, 0.25) is 0 Å². The number of fused-ring (bicyclic) bond motifs is 1. The van der Waals surface area contributed by atoms with E-state index in [2.05, 4.69) is 5.32 Å². The summed E-state index contributed by atoms with van der Waals surface area (Å²) >= 11 is 0. The Hall–Kier alpha value is -2.91. The molecular formula is C26H26F7NO2. The van der Waals surface area contributed by atoms with E-state index in [1.54, 1.807) is 18.2 Å². The predicted octanol–water partition coefficient (Wildman–Crippen LogP) is 6.79. The number of nitrogens with one attached hydrogen (secondary N) is 1. The molecule has 1 amide bonds. The zero-order chi connectivity index (χ0) is 27.1. The molecule has 3 rings (SSSR count). The third-order valence-electron chi connectivity index (χ3n) is 6.62. The zero-order valence-electron chi connectivity index (χ0n) is 20.0. The maximum Gasteiger partial charge on any atom is 0.435 e. The monoisotopic (exact) mass is 517 g/mol. The van der Waals surface area contributed by atoms with Crippen LogP contribution in [0, 0.1) is 6.92 Å². The SMILES string of the molecule is CCc1cc(C(F)(C(F)(F)F)C(F)(F)F)cc(C)c1CC(=O)c1ccc2c(c1)CCCC2NC(C)=O. The van der Waals surface area contributed by atoms with Crippen molar-refractivity contribution in [3.63, 3.8) is 0 Å². The van der Waals surface area contributed by atoms with Gasteiger partial charge in [-0.2, -0.15) is 26.3 Å². The Morgan fingerprint density at radius 1 is 1.00 bits per heavy atom. The maximum atomic E-state index is 14.6. The number of hydrogen-bond acceptors (Lipinski definition) is 2. The number of amides is 1. The predicted molar refractivity (Wildman–Crippen MR) is 119 cm³/mol. The molecule has 0 bridgehead atoms. The second-order valence-electron chi connectivity index (χ2n) is 9.10. The number of carbonyl (C=O) groups is 2. The number of ketones is 1. The van der Waals surface area contributed by atoms with Crippen molar-refractivity contribution >= 4 is 11.7 Å². The van der Waals surface area contributed by atoms with Gasteiger partial charge in [-0.25, -0.2) is 4.39 Å². The minimum atomic E-state index is -6.21. The van der Waals surface area contributed by atoms with Crippen molar-refractivity contribution in [1.82, 2.24) is 5.32 Å². The van der Waals surface area contributed by atoms with Crippen molar-refractivity contribution in [3.05, 3.63) is 69.3 Å². The van der Waals surface area contributed by atoms with Crippen molar-refractivity contribution in [2.45, 2.75) is 76.9 Å². The average molecular weight is 517 g/mol. The van der Waals surface area contributed by atoms with E-state index in [1.807, 2.05) is 0 Å². The highest BCUT2D eigenvalue weighted by atomic mass is 19.4. The maximum absolute atomic E-state index is 14.6. The molecule has 10 heteroatoms. The molecule has 36 heavy (non-hydrogen) atoms. The highest BCUT2D eigenvalue weighted by Crippen LogP contribution is 2.53. The second-order valence-corrected chi connectivity index (χ2v) is 9.10. The highest BCUT2D eigenvalue weighted by molar-refractivity contribution is 5.98. The van der Waals surface area contributed by atoms with Crippen LogP contribution in [0.25, 0.3) is 0 Å². The Labute approximate surface area is 204 Å². The Morgan fingerprint density at radius 3 is 2.19 bits per heavy atom. The molecule has 0 spiro atoms. The fourth-order valence-electron chi connectivity index (χ4n) is 4.79. The summed E-state index contributed by atoms with van der Waals surface area (Å²) in [5, 5.41) is 2.87. The van der Waals surface area contributed by atoms with Crippen LogP contribution < -0.4 is 5.32 Å². The molecule has 0 radical (unpaired) electrons. The molecule has 3 nitrogen and oxygen atoms in total. The van der Waals surface area contributed by atoms with E-state index in [4.69, 9.17) is 0 Å². The first-order chi connectivity index (χ1) is 16.6. The number of hydrogen-bond donors (Lipinski definition) is 1. The van der Waals surface area contributed by atoms with Gasteiger partial charge in [0.25, 0.3) is 0 Å². The van der Waals surface area contributed by atoms with Gasteiger partial charge in [-0.3, -0.25) is 9.59 Å². The van der Waals surface area contributed by atoms with E-state index in [0.717, 1.165) is 24.0 Å². The molecule has 196 valence electrons. The van der Waals surface area contributed by atoms with E-state index in [1.165, 1.54) is 20.8 Å². The highest BCUT2D eigenvalue weighted by Gasteiger charge is 2.73. The smallest absolute Gasteiger partial charge is 0.350 e. The normalized spacial score (nSPS) is 16.4. The summed E-state index contributed by atoms with van der Waals surface area (Å²) in [6.07, 6.45) is -10.4. The molecule has 0 saturated carbocycles. The van der Waals surface area contributed by atoms with E-state index >= 15 is 0 Å². The number of halogens is 7. The Bertz CT molecular complexity index is 1150. The van der Waals surface area contributed by atoms with Gasteiger partial charge in [0, 0.05) is 24.5 Å². The van der Waals surface area contributed by atoms with Crippen molar-refractivity contribution in [2.24, 2.45) is 0 Å². The number of carbonyl (C=O) groups excluding carboxylic acids is 2. The lowest BCUT2D eigenvalue weighted by Gasteiger charge is -2.31. The number of aryl methyl sites for hydroxylation is 3. The lowest BCUT2D eigenvalue weighted by molar-refractivity contribution is -0.348. The van der Waals surface area contributed by atoms with Crippen LogP contribution in [-0.4, -0.2) is 24.0 Å². The number of Topliss-reactive ketones (excluding diaryl/α,β-unsaturated/α-hetero) is 1. The second kappa shape index (κ2) is 9.86. The van der Waals surface area contributed by atoms with Crippen molar-refractivity contribution in [3.8, 4) is 0 Å². The minimum Gasteiger partial charge on any atom is -0.350 e. The van der Waals surface area contributed by atoms with Gasteiger partial charge in [0.05, 0.1) is 6.04 Å². The van der Waals surface area contributed by atoms with Crippen LogP contribution in [-0.2, 0) is 29.7 Å². The van der Waals surface area contributed by atoms with Crippen LogP contribution in [0.3, 0.4) is 0 Å². The van der Waals surface area contributed by atoms with Gasteiger partial charge in [0.2, 0.25) is 5.91 Å². The fraction of sp³-hybridized carbons (Fsp3) is 0.462. The number of rotatable bonds is 6. The molecule has 1 aliphatic carbocycles. The molecule has 2 aromatic rings. The summed E-state index contributed by atoms with van der Waals surface area (Å²) in [5.74, 6) is -0.546. The topological polar surface area (TPSA) is 46.2 Å². The lowest BCUT2D eigenvalue weighted by atomic mass is 9.84. The largest absolute Gasteiger partial charge is 0.435 e. The molecule has 0 aromatic heterocycles. The fourth-order valence-corrected chi connectivity index (χ4v) is 4.79. The summed E-state index contributed by atoms with van der Waals surface area (Å²) in [6, 6.07) is 5.97. The Kier molecular flexibility index (Phi) is 7.58. The van der Waals surface area contributed by atoms with Gasteiger partial charge in [0.1, 0.15) is 0 Å². The van der Waals surface area contributed by atoms with E-state index in [9.17, 15) is 40.3 Å². The summed E-state index contributed by atoms with van der Waals surface area (Å²) in [4.78, 5) is 24.6. The van der Waals surface area contributed by atoms with Crippen molar-refractivity contribution in [1.29, 1.82) is 0 Å². The number of benzene rings is 2. The molecule has 1 unspecified atom stereocenters. The molecule has 1 aliphatic rings. The molecule has 2 aromatic carbocycles. The Morgan fingerprint density at radius 2 is 1.64 bits per heavy atom. The molecule has 0 saturated heterocycles. The third-order valence-corrected chi connectivity index (χ3v) is 6.62. The molecule has 0 fully saturated rings. The van der Waals surface area contributed by atoms with Crippen LogP contribution >= 0.6 is 0 Å². The van der Waals surface area contributed by atoms with Crippen LogP contribution in [0.1, 0.15) is 76.5 Å². The van der Waals surface area contributed by atoms with Crippen LogP contribution in [0.4, 0.5) is 30.7 Å². The summed E-state index contributed by atoms with van der Waals surface area (Å²) in [5.41, 5.74) is -4.66. The zero-order valence-corrected chi connectivity index (χ0v) is 20.0. The summed E-state index contributed by atoms with van der Waals surface area (Å²) in [7, 11) is 0. The molecular weight excluding hydrogens is 491 g/mol. The summed E-state index contributed by atoms with van der Waals surface area (Å²) in [6.45, 7) is 4.19. The van der Waals surface area contributed by atoms with Gasteiger partial charge in [0.15, 0.2) is 5.78 Å². The molecule has 0 aliphatic heterocycles. The first kappa shape index (κ1) is 27.7. The lowest BCUT2D eigenvalue weighted by Crippen LogP contribution is -2.50. The van der Waals surface area contributed by atoms with Crippen LogP contribution in [0.5, 0.6) is 0 Å². The minimum absolute atomic E-state index is 0.00563. The van der Waals surface area contributed by atoms with Gasteiger partial charge in [-0.05, 0) is 66.5 Å². The van der Waals surface area contributed by atoms with Gasteiger partial charge in [-0.1, -0.05) is 31.2 Å². The average Bonchev–Trinajstić information content (AvgIpc) is 2.77.